The normalized spacial score (nSPS) is 15.2. The van der Waals surface area contributed by atoms with E-state index in [0.717, 1.165) is 59.2 Å². The van der Waals surface area contributed by atoms with Gasteiger partial charge in [-0.25, -0.2) is 15.0 Å². The van der Waals surface area contributed by atoms with E-state index in [1.165, 1.54) is 70.6 Å². The maximum Gasteiger partial charge on any atom is 0.225 e. The Morgan fingerprint density at radius 1 is 0.600 bits per heavy atom. The van der Waals surface area contributed by atoms with Crippen molar-refractivity contribution >= 4 is 51.0 Å². The molecule has 0 unspecified atom stereocenters. The fourth-order valence-electron chi connectivity index (χ4n) is 6.81. The van der Waals surface area contributed by atoms with Gasteiger partial charge in [0, 0.05) is 41.5 Å². The molecule has 0 radical (unpaired) electrons. The van der Waals surface area contributed by atoms with Crippen LogP contribution in [0.2, 0.25) is 5.28 Å². The van der Waals surface area contributed by atoms with Gasteiger partial charge in [-0.15, -0.1) is 0 Å². The van der Waals surface area contributed by atoms with Crippen LogP contribution in [0, 0.1) is 0 Å². The molecule has 11 nitrogen and oxygen atoms in total. The number of nitrogens with one attached hydrogen (secondary N) is 3. The zero-order chi connectivity index (χ0) is 35.3. The Hall–Kier alpha value is -3.99. The number of hydrogen-bond donors (Lipinski definition) is 3. The van der Waals surface area contributed by atoms with Gasteiger partial charge in [-0.3, -0.25) is 0 Å². The highest BCUT2D eigenvalue weighted by Crippen LogP contribution is 2.37. The van der Waals surface area contributed by atoms with Crippen molar-refractivity contribution in [1.82, 2.24) is 19.9 Å². The van der Waals surface area contributed by atoms with Crippen LogP contribution in [0.1, 0.15) is 96.8 Å². The molecule has 0 saturated heterocycles. The quantitative estimate of drug-likeness (QED) is 0.0857. The van der Waals surface area contributed by atoms with Gasteiger partial charge >= 0.3 is 0 Å². The molecule has 12 heteroatoms. The van der Waals surface area contributed by atoms with Crippen molar-refractivity contribution in [3.05, 3.63) is 29.5 Å². The minimum absolute atomic E-state index is 0.234. The van der Waals surface area contributed by atoms with Gasteiger partial charge in [0.15, 0.2) is 23.0 Å². The summed E-state index contributed by atoms with van der Waals surface area (Å²) in [5, 5.41) is 12.7. The summed E-state index contributed by atoms with van der Waals surface area (Å²) < 4.78 is 21.7. The fourth-order valence-corrected chi connectivity index (χ4v) is 6.99. The lowest BCUT2D eigenvalue weighted by Crippen LogP contribution is -2.23. The monoisotopic (exact) mass is 707 g/mol. The van der Waals surface area contributed by atoms with Gasteiger partial charge in [0.1, 0.15) is 11.6 Å². The van der Waals surface area contributed by atoms with E-state index < -0.39 is 0 Å². The van der Waals surface area contributed by atoms with Crippen LogP contribution in [0.4, 0.5) is 17.6 Å². The third kappa shape index (κ3) is 9.83. The highest BCUT2D eigenvalue weighted by Gasteiger charge is 2.19. The summed E-state index contributed by atoms with van der Waals surface area (Å²) in [6, 6.07) is 8.55. The Balaban J connectivity index is 0.000000200. The Morgan fingerprint density at radius 2 is 1.08 bits per heavy atom. The number of fused-ring (bicyclic) bond motifs is 2. The fraction of sp³-hybridized carbons (Fsp3) is 0.579. The standard InChI is InChI=1S/C22H34N4O2.C16H20ClN3O2/c1-4-5-6-10-13-23-22-25-18-15-20(28-3)19(27-2)14-17(18)21(26-22)24-16-11-8-7-9-12-16;1-21-13-8-11-12(9-14(13)22-2)19-16(17)20-15(11)18-10-6-4-3-5-7-10/h14-16H,4-13H2,1-3H3,(H2,23,24,25,26);8-10H,3-7H2,1-2H3,(H,18,19,20). The Kier molecular flexibility index (Phi) is 14.0. The average Bonchev–Trinajstić information content (AvgIpc) is 3.14. The lowest BCUT2D eigenvalue weighted by Gasteiger charge is -2.24. The smallest absolute Gasteiger partial charge is 0.225 e. The molecule has 2 aromatic heterocycles. The van der Waals surface area contributed by atoms with Gasteiger partial charge in [-0.1, -0.05) is 64.7 Å². The Morgan fingerprint density at radius 3 is 1.58 bits per heavy atom. The first-order valence-corrected chi connectivity index (χ1v) is 18.6. The molecule has 2 saturated carbocycles. The first-order chi connectivity index (χ1) is 24.5. The minimum Gasteiger partial charge on any atom is -0.493 e. The van der Waals surface area contributed by atoms with Crippen LogP contribution < -0.4 is 34.9 Å². The number of ether oxygens (including phenoxy) is 4. The van der Waals surface area contributed by atoms with Gasteiger partial charge in [-0.2, -0.15) is 4.98 Å². The molecular weight excluding hydrogens is 654 g/mol. The van der Waals surface area contributed by atoms with Crippen LogP contribution in [0.15, 0.2) is 24.3 Å². The summed E-state index contributed by atoms with van der Waals surface area (Å²) in [7, 11) is 6.53. The molecule has 2 heterocycles. The van der Waals surface area contributed by atoms with Crippen LogP contribution in [-0.4, -0.2) is 67.0 Å². The molecule has 0 amide bonds. The Labute approximate surface area is 301 Å². The number of rotatable bonds is 14. The molecule has 2 aliphatic rings. The number of methoxy groups -OCH3 is 4. The lowest BCUT2D eigenvalue weighted by atomic mass is 9.95. The second-order valence-electron chi connectivity index (χ2n) is 13.1. The summed E-state index contributed by atoms with van der Waals surface area (Å²) in [5.74, 6) is 5.00. The zero-order valence-corrected chi connectivity index (χ0v) is 31.1. The van der Waals surface area contributed by atoms with Crippen LogP contribution in [0.25, 0.3) is 21.8 Å². The largest absolute Gasteiger partial charge is 0.493 e. The van der Waals surface area contributed by atoms with E-state index in [9.17, 15) is 0 Å². The molecule has 0 bridgehead atoms. The summed E-state index contributed by atoms with van der Waals surface area (Å²) in [6.45, 7) is 3.12. The van der Waals surface area contributed by atoms with Crippen molar-refractivity contribution < 1.29 is 18.9 Å². The van der Waals surface area contributed by atoms with Gasteiger partial charge in [0.25, 0.3) is 0 Å². The van der Waals surface area contributed by atoms with Crippen LogP contribution in [0.5, 0.6) is 23.0 Å². The molecule has 4 aromatic rings. The number of nitrogens with zero attached hydrogens (tertiary/aromatic N) is 4. The topological polar surface area (TPSA) is 125 Å². The van der Waals surface area contributed by atoms with Crippen molar-refractivity contribution in [1.29, 1.82) is 0 Å². The third-order valence-electron chi connectivity index (χ3n) is 9.58. The summed E-state index contributed by atoms with van der Waals surface area (Å²) >= 11 is 6.08. The van der Waals surface area contributed by atoms with E-state index in [4.69, 9.17) is 40.5 Å². The molecule has 0 atom stereocenters. The van der Waals surface area contributed by atoms with E-state index in [1.807, 2.05) is 24.3 Å². The molecule has 2 aromatic carbocycles. The molecule has 0 spiro atoms. The maximum atomic E-state index is 6.08. The van der Waals surface area contributed by atoms with Crippen LogP contribution in [-0.2, 0) is 0 Å². The molecular formula is C38H54ClN7O4. The van der Waals surface area contributed by atoms with Crippen molar-refractivity contribution in [2.24, 2.45) is 0 Å². The second-order valence-corrected chi connectivity index (χ2v) is 13.5. The molecule has 272 valence electrons. The first kappa shape index (κ1) is 37.3. The van der Waals surface area contributed by atoms with Crippen molar-refractivity contribution in [3.8, 4) is 23.0 Å². The third-order valence-corrected chi connectivity index (χ3v) is 9.75. The number of anilines is 3. The zero-order valence-electron chi connectivity index (χ0n) is 30.4. The summed E-state index contributed by atoms with van der Waals surface area (Å²) in [4.78, 5) is 18.2. The number of benzene rings is 2. The first-order valence-electron chi connectivity index (χ1n) is 18.3. The molecule has 50 heavy (non-hydrogen) atoms. The van der Waals surface area contributed by atoms with Crippen molar-refractivity contribution in [3.63, 3.8) is 0 Å². The van der Waals surface area contributed by atoms with Gasteiger partial charge < -0.3 is 34.9 Å². The minimum atomic E-state index is 0.234. The Bertz CT molecular complexity index is 1680. The molecule has 3 N–H and O–H groups in total. The van der Waals surface area contributed by atoms with Crippen LogP contribution in [0.3, 0.4) is 0 Å². The van der Waals surface area contributed by atoms with E-state index in [1.54, 1.807) is 28.4 Å². The van der Waals surface area contributed by atoms with Crippen LogP contribution >= 0.6 is 11.6 Å². The average molecular weight is 708 g/mol. The highest BCUT2D eigenvalue weighted by atomic mass is 35.5. The summed E-state index contributed by atoms with van der Waals surface area (Å²) in [5.41, 5.74) is 1.61. The van der Waals surface area contributed by atoms with Crippen molar-refractivity contribution in [2.45, 2.75) is 109 Å². The predicted octanol–water partition coefficient (Wildman–Crippen LogP) is 9.43. The molecule has 2 fully saturated rings. The SMILES string of the molecule is CCCCCCNc1nc(NC2CCCCC2)c2cc(OC)c(OC)cc2n1.COc1cc2nc(Cl)nc(NC3CCCCC3)c2cc1OC. The van der Waals surface area contributed by atoms with Crippen molar-refractivity contribution in [2.75, 3.05) is 50.9 Å². The van der Waals surface area contributed by atoms with E-state index >= 15 is 0 Å². The highest BCUT2D eigenvalue weighted by molar-refractivity contribution is 6.28. The lowest BCUT2D eigenvalue weighted by molar-refractivity contribution is 0.356. The molecule has 2 aliphatic carbocycles. The second kappa shape index (κ2) is 18.8. The number of aromatic nitrogens is 4. The van der Waals surface area contributed by atoms with E-state index in [2.05, 4.69) is 32.8 Å². The maximum absolute atomic E-state index is 6.08. The molecule has 0 aliphatic heterocycles. The van der Waals surface area contributed by atoms with Gasteiger partial charge in [-0.05, 0) is 55.8 Å². The van der Waals surface area contributed by atoms with E-state index in [0.29, 0.717) is 41.0 Å². The van der Waals surface area contributed by atoms with Gasteiger partial charge in [0.2, 0.25) is 11.2 Å². The number of unbranched alkanes of at least 4 members (excludes halogenated alkanes) is 3. The number of halogens is 1. The molecule has 6 rings (SSSR count). The number of hydrogen-bond acceptors (Lipinski definition) is 11. The van der Waals surface area contributed by atoms with Gasteiger partial charge in [0.05, 0.1) is 39.5 Å². The van der Waals surface area contributed by atoms with E-state index in [-0.39, 0.29) is 5.28 Å². The summed E-state index contributed by atoms with van der Waals surface area (Å²) in [6.07, 6.45) is 17.3. The predicted molar refractivity (Wildman–Crippen MR) is 204 cm³/mol.